The molecule has 2 heterocycles. The molecule has 1 aliphatic carbocycles. The lowest BCUT2D eigenvalue weighted by Crippen LogP contribution is -2.24. The molecule has 2 aliphatic heterocycles. The molecular weight excluding hydrogens is 380 g/mol. The van der Waals surface area contributed by atoms with E-state index in [1.165, 1.54) is 5.39 Å². The zero-order valence-corrected chi connectivity index (χ0v) is 16.8. The summed E-state index contributed by atoms with van der Waals surface area (Å²) in [5.41, 5.74) is 10.2. The number of benzene rings is 3. The first-order chi connectivity index (χ1) is 14.2. The van der Waals surface area contributed by atoms with Crippen LogP contribution in [0.5, 0.6) is 5.75 Å². The molecule has 1 saturated heterocycles. The van der Waals surface area contributed by atoms with Gasteiger partial charge in [-0.25, -0.2) is 0 Å². The molecule has 4 nitrogen and oxygen atoms in total. The van der Waals surface area contributed by atoms with Gasteiger partial charge >= 0.3 is 0 Å². The van der Waals surface area contributed by atoms with Crippen molar-refractivity contribution in [3.63, 3.8) is 0 Å². The van der Waals surface area contributed by atoms with Crippen molar-refractivity contribution in [2.75, 3.05) is 12.3 Å². The standard InChI is InChI=1S/C24H22N2O2S/c25-16-6-10-19-21(13-16)29-22-14-17(26)7-11-20(22)24(19)15-4-8-18(9-5-15)28-23-3-1-2-12-27-23/h4-11,13-14,23,25H,1-3,12,26H2. The molecule has 0 bridgehead atoms. The Morgan fingerprint density at radius 2 is 1.86 bits per heavy atom. The van der Waals surface area contributed by atoms with E-state index in [0.717, 1.165) is 63.6 Å². The molecule has 1 fully saturated rings. The molecule has 1 atom stereocenters. The molecule has 146 valence electrons. The van der Waals surface area contributed by atoms with Gasteiger partial charge in [-0.2, -0.15) is 0 Å². The Balaban J connectivity index is 1.60. The van der Waals surface area contributed by atoms with Crippen molar-refractivity contribution in [3.8, 4) is 27.3 Å². The zero-order valence-electron chi connectivity index (χ0n) is 16.0. The van der Waals surface area contributed by atoms with Crippen LogP contribution in [0.3, 0.4) is 0 Å². The molecular formula is C24H22N2O2S. The summed E-state index contributed by atoms with van der Waals surface area (Å²) in [5, 5.41) is 9.69. The molecule has 2 aromatic rings. The number of hydrogen-bond donors (Lipinski definition) is 2. The van der Waals surface area contributed by atoms with Crippen LogP contribution in [0.25, 0.3) is 31.7 Å². The van der Waals surface area contributed by atoms with Crippen molar-refractivity contribution >= 4 is 27.1 Å². The lowest BCUT2D eigenvalue weighted by Gasteiger charge is -2.23. The smallest absolute Gasteiger partial charge is 0.199 e. The Kier molecular flexibility index (Phi) is 4.70. The van der Waals surface area contributed by atoms with Gasteiger partial charge in [0.25, 0.3) is 0 Å². The summed E-state index contributed by atoms with van der Waals surface area (Å²) in [5.74, 6) is 0.825. The van der Waals surface area contributed by atoms with Gasteiger partial charge in [0.1, 0.15) is 5.75 Å². The number of nitrogens with two attached hydrogens (primary N) is 1. The van der Waals surface area contributed by atoms with E-state index in [0.29, 0.717) is 5.36 Å². The molecule has 5 heteroatoms. The molecule has 0 amide bonds. The van der Waals surface area contributed by atoms with Crippen LogP contribution in [0.1, 0.15) is 19.3 Å². The highest BCUT2D eigenvalue weighted by Gasteiger charge is 2.17. The van der Waals surface area contributed by atoms with Gasteiger partial charge in [0.2, 0.25) is 0 Å². The van der Waals surface area contributed by atoms with E-state index < -0.39 is 0 Å². The van der Waals surface area contributed by atoms with Crippen LogP contribution in [-0.4, -0.2) is 12.9 Å². The molecule has 5 rings (SSSR count). The van der Waals surface area contributed by atoms with Gasteiger partial charge in [-0.1, -0.05) is 24.3 Å². The number of nitrogens with one attached hydrogen (secondary N) is 1. The number of ether oxygens (including phenoxy) is 2. The average Bonchev–Trinajstić information content (AvgIpc) is 2.73. The first-order valence-corrected chi connectivity index (χ1v) is 10.7. The number of hydrogen-bond acceptors (Lipinski definition) is 5. The van der Waals surface area contributed by atoms with Crippen molar-refractivity contribution in [2.24, 2.45) is 0 Å². The minimum Gasteiger partial charge on any atom is -0.465 e. The molecule has 0 radical (unpaired) electrons. The van der Waals surface area contributed by atoms with Crippen molar-refractivity contribution in [3.05, 3.63) is 66.0 Å². The fourth-order valence-electron chi connectivity index (χ4n) is 3.87. The predicted octanol–water partition coefficient (Wildman–Crippen LogP) is 5.64. The second kappa shape index (κ2) is 7.50. The predicted molar refractivity (Wildman–Crippen MR) is 118 cm³/mol. The molecule has 29 heavy (non-hydrogen) atoms. The molecule has 3 aliphatic rings. The highest BCUT2D eigenvalue weighted by molar-refractivity contribution is 7.21. The molecule has 0 aromatic heterocycles. The van der Waals surface area contributed by atoms with Crippen LogP contribution < -0.4 is 15.8 Å². The second-order valence-corrected chi connectivity index (χ2v) is 8.47. The molecule has 0 saturated carbocycles. The van der Waals surface area contributed by atoms with Crippen molar-refractivity contribution in [1.82, 2.24) is 0 Å². The summed E-state index contributed by atoms with van der Waals surface area (Å²) in [6.45, 7) is 0.771. The zero-order chi connectivity index (χ0) is 19.8. The van der Waals surface area contributed by atoms with Crippen molar-refractivity contribution < 1.29 is 9.47 Å². The summed E-state index contributed by atoms with van der Waals surface area (Å²) in [6, 6.07) is 20.1. The Bertz CT molecular complexity index is 1190. The Hall–Kier alpha value is -2.89. The van der Waals surface area contributed by atoms with Gasteiger partial charge < -0.3 is 20.6 Å². The third kappa shape index (κ3) is 3.59. The minimum atomic E-state index is -0.145. The molecule has 1 unspecified atom stereocenters. The Morgan fingerprint density at radius 1 is 1.00 bits per heavy atom. The van der Waals surface area contributed by atoms with Crippen LogP contribution in [-0.2, 0) is 4.74 Å². The lowest BCUT2D eigenvalue weighted by atomic mass is 9.95. The Morgan fingerprint density at radius 3 is 2.66 bits per heavy atom. The van der Waals surface area contributed by atoms with E-state index in [1.807, 2.05) is 42.5 Å². The lowest BCUT2D eigenvalue weighted by molar-refractivity contribution is -0.105. The monoisotopic (exact) mass is 402 g/mol. The third-order valence-electron chi connectivity index (χ3n) is 5.29. The first-order valence-electron chi connectivity index (χ1n) is 9.87. The van der Waals surface area contributed by atoms with E-state index in [2.05, 4.69) is 18.2 Å². The van der Waals surface area contributed by atoms with Crippen LogP contribution in [0, 0.1) is 5.41 Å². The number of nitrogen functional groups attached to an aromatic ring is 1. The van der Waals surface area contributed by atoms with E-state index in [-0.39, 0.29) is 6.29 Å². The SMILES string of the molecule is N=c1ccc2c(-c3ccc(OC4CCCCO4)cc3)c3ccc(N)cc3sc-2c1. The first kappa shape index (κ1) is 18.2. The van der Waals surface area contributed by atoms with Crippen LogP contribution in [0.2, 0.25) is 0 Å². The highest BCUT2D eigenvalue weighted by Crippen LogP contribution is 2.43. The summed E-state index contributed by atoms with van der Waals surface area (Å²) in [6.07, 6.45) is 3.05. The fraction of sp³-hybridized carbons (Fsp3) is 0.208. The topological polar surface area (TPSA) is 68.3 Å². The number of rotatable bonds is 3. The Labute approximate surface area is 173 Å². The van der Waals surface area contributed by atoms with Crippen LogP contribution in [0.15, 0.2) is 60.7 Å². The fourth-order valence-corrected chi connectivity index (χ4v) is 5.05. The van der Waals surface area contributed by atoms with E-state index >= 15 is 0 Å². The summed E-state index contributed by atoms with van der Waals surface area (Å²) < 4.78 is 12.8. The summed E-state index contributed by atoms with van der Waals surface area (Å²) >= 11 is 1.67. The largest absolute Gasteiger partial charge is 0.465 e. The molecule has 0 spiro atoms. The maximum absolute atomic E-state index is 8.01. The number of anilines is 1. The van der Waals surface area contributed by atoms with Gasteiger partial charge in [0.15, 0.2) is 6.29 Å². The maximum Gasteiger partial charge on any atom is 0.199 e. The van der Waals surface area contributed by atoms with Crippen molar-refractivity contribution in [1.29, 1.82) is 5.41 Å². The quantitative estimate of drug-likeness (QED) is 0.344. The van der Waals surface area contributed by atoms with Crippen LogP contribution >= 0.6 is 11.3 Å². The van der Waals surface area contributed by atoms with Gasteiger partial charge in [-0.15, -0.1) is 11.3 Å². The third-order valence-corrected chi connectivity index (χ3v) is 6.41. The minimum absolute atomic E-state index is 0.145. The summed E-state index contributed by atoms with van der Waals surface area (Å²) in [7, 11) is 0. The maximum atomic E-state index is 8.01. The molecule has 3 N–H and O–H groups in total. The highest BCUT2D eigenvalue weighted by atomic mass is 32.1. The second-order valence-electron chi connectivity index (χ2n) is 7.38. The van der Waals surface area contributed by atoms with Gasteiger partial charge in [0, 0.05) is 32.6 Å². The van der Waals surface area contributed by atoms with E-state index in [9.17, 15) is 0 Å². The van der Waals surface area contributed by atoms with Gasteiger partial charge in [0.05, 0.1) is 12.0 Å². The van der Waals surface area contributed by atoms with Gasteiger partial charge in [-0.05, 0) is 60.4 Å². The van der Waals surface area contributed by atoms with E-state index in [1.54, 1.807) is 11.3 Å². The summed E-state index contributed by atoms with van der Waals surface area (Å²) in [4.78, 5) is 1.08. The van der Waals surface area contributed by atoms with E-state index in [4.69, 9.17) is 20.6 Å². The normalized spacial score (nSPS) is 16.9. The van der Waals surface area contributed by atoms with Gasteiger partial charge in [-0.3, -0.25) is 0 Å². The average molecular weight is 403 g/mol. The van der Waals surface area contributed by atoms with Crippen molar-refractivity contribution in [2.45, 2.75) is 25.6 Å². The number of fused-ring (bicyclic) bond motifs is 2. The molecule has 2 aromatic carbocycles. The van der Waals surface area contributed by atoms with Crippen LogP contribution in [0.4, 0.5) is 5.69 Å².